The van der Waals surface area contributed by atoms with Crippen LogP contribution in [0, 0.1) is 0 Å². The van der Waals surface area contributed by atoms with Crippen molar-refractivity contribution in [2.24, 2.45) is 0 Å². The fourth-order valence-electron chi connectivity index (χ4n) is 2.09. The molecule has 0 atom stereocenters. The van der Waals surface area contributed by atoms with Crippen LogP contribution in [-0.4, -0.2) is 21.2 Å². The largest absolute Gasteiger partial charge is 0.494 e. The minimum atomic E-state index is 0.454. The highest BCUT2D eigenvalue weighted by Gasteiger charge is 2.07. The van der Waals surface area contributed by atoms with Gasteiger partial charge in [-0.3, -0.25) is 0 Å². The van der Waals surface area contributed by atoms with Crippen molar-refractivity contribution in [1.82, 2.24) is 14.6 Å². The fraction of sp³-hybridized carbons (Fsp3) is 0.250. The molecule has 21 heavy (non-hydrogen) atoms. The van der Waals surface area contributed by atoms with E-state index in [9.17, 15) is 0 Å². The Morgan fingerprint density at radius 1 is 1.24 bits per heavy atom. The highest BCUT2D eigenvalue weighted by atomic mass is 35.5. The van der Waals surface area contributed by atoms with Crippen LogP contribution in [-0.2, 0) is 0 Å². The Balaban J connectivity index is 1.83. The Bertz CT molecular complexity index is 737. The smallest absolute Gasteiger partial charge is 0.154 e. The molecule has 5 heteroatoms. The summed E-state index contributed by atoms with van der Waals surface area (Å²) in [5, 5.41) is 4.95. The Kier molecular flexibility index (Phi) is 4.06. The second-order valence-electron chi connectivity index (χ2n) is 4.80. The van der Waals surface area contributed by atoms with Crippen LogP contribution in [0.25, 0.3) is 16.8 Å². The van der Waals surface area contributed by atoms with Gasteiger partial charge in [-0.05, 0) is 36.8 Å². The Labute approximate surface area is 128 Å². The van der Waals surface area contributed by atoms with Gasteiger partial charge in [0.25, 0.3) is 0 Å². The summed E-state index contributed by atoms with van der Waals surface area (Å²) in [5.41, 5.74) is 2.69. The molecule has 0 aliphatic carbocycles. The summed E-state index contributed by atoms with van der Waals surface area (Å²) in [5.74, 6) is 0.885. The molecular weight excluding hydrogens is 286 g/mol. The van der Waals surface area contributed by atoms with Crippen LogP contribution in [0.5, 0.6) is 5.75 Å². The van der Waals surface area contributed by atoms with E-state index in [0.29, 0.717) is 5.15 Å². The SMILES string of the molecule is CCCCOc1ccc(-c2cc3c(Cl)nccn3n2)cc1. The van der Waals surface area contributed by atoms with Gasteiger partial charge in [0.2, 0.25) is 0 Å². The molecule has 4 nitrogen and oxygen atoms in total. The number of hydrogen-bond acceptors (Lipinski definition) is 3. The second-order valence-corrected chi connectivity index (χ2v) is 5.16. The van der Waals surface area contributed by atoms with Gasteiger partial charge in [-0.25, -0.2) is 9.50 Å². The van der Waals surface area contributed by atoms with Crippen LogP contribution in [0.1, 0.15) is 19.8 Å². The number of aromatic nitrogens is 3. The first-order valence-corrected chi connectivity index (χ1v) is 7.39. The van der Waals surface area contributed by atoms with Crippen LogP contribution in [0.4, 0.5) is 0 Å². The molecule has 0 aliphatic rings. The normalized spacial score (nSPS) is 11.0. The quantitative estimate of drug-likeness (QED) is 0.662. The van der Waals surface area contributed by atoms with E-state index in [1.807, 2.05) is 30.3 Å². The molecule has 0 spiro atoms. The minimum absolute atomic E-state index is 0.454. The monoisotopic (exact) mass is 301 g/mol. The first kappa shape index (κ1) is 13.9. The zero-order valence-electron chi connectivity index (χ0n) is 11.8. The van der Waals surface area contributed by atoms with Crippen LogP contribution < -0.4 is 4.74 Å². The van der Waals surface area contributed by atoms with Gasteiger partial charge in [-0.15, -0.1) is 0 Å². The molecule has 2 heterocycles. The van der Waals surface area contributed by atoms with Crippen LogP contribution in [0.15, 0.2) is 42.7 Å². The molecule has 3 aromatic rings. The predicted octanol–water partition coefficient (Wildman–Crippen LogP) is 4.23. The number of fused-ring (bicyclic) bond motifs is 1. The van der Waals surface area contributed by atoms with Gasteiger partial charge in [0.05, 0.1) is 12.3 Å². The van der Waals surface area contributed by atoms with E-state index in [-0.39, 0.29) is 0 Å². The van der Waals surface area contributed by atoms with Crippen molar-refractivity contribution in [2.45, 2.75) is 19.8 Å². The van der Waals surface area contributed by atoms with E-state index in [2.05, 4.69) is 17.0 Å². The second kappa shape index (κ2) is 6.14. The summed E-state index contributed by atoms with van der Waals surface area (Å²) in [6.45, 7) is 2.90. The third-order valence-corrected chi connectivity index (χ3v) is 3.55. The number of rotatable bonds is 5. The van der Waals surface area contributed by atoms with E-state index in [1.54, 1.807) is 16.9 Å². The van der Waals surface area contributed by atoms with Gasteiger partial charge < -0.3 is 4.74 Å². The van der Waals surface area contributed by atoms with E-state index >= 15 is 0 Å². The van der Waals surface area contributed by atoms with Gasteiger partial charge >= 0.3 is 0 Å². The Hall–Kier alpha value is -2.07. The summed E-state index contributed by atoms with van der Waals surface area (Å²) >= 11 is 6.06. The maximum Gasteiger partial charge on any atom is 0.154 e. The zero-order chi connectivity index (χ0) is 14.7. The van der Waals surface area contributed by atoms with Crippen LogP contribution in [0.3, 0.4) is 0 Å². The topological polar surface area (TPSA) is 39.4 Å². The van der Waals surface area contributed by atoms with Crippen molar-refractivity contribution in [3.8, 4) is 17.0 Å². The number of ether oxygens (including phenoxy) is 1. The highest BCUT2D eigenvalue weighted by Crippen LogP contribution is 2.24. The average Bonchev–Trinajstić information content (AvgIpc) is 2.94. The molecule has 3 rings (SSSR count). The van der Waals surface area contributed by atoms with Gasteiger partial charge in [0, 0.05) is 18.0 Å². The molecule has 0 N–H and O–H groups in total. The molecule has 0 aliphatic heterocycles. The van der Waals surface area contributed by atoms with E-state index < -0.39 is 0 Å². The number of halogens is 1. The lowest BCUT2D eigenvalue weighted by Crippen LogP contribution is -1.95. The molecular formula is C16H16ClN3O. The van der Waals surface area contributed by atoms with Crippen molar-refractivity contribution >= 4 is 17.1 Å². The molecule has 0 radical (unpaired) electrons. The Morgan fingerprint density at radius 3 is 2.76 bits per heavy atom. The van der Waals surface area contributed by atoms with Gasteiger partial charge in [0.1, 0.15) is 11.3 Å². The first-order chi connectivity index (χ1) is 10.3. The molecule has 0 bridgehead atoms. The third kappa shape index (κ3) is 3.00. The van der Waals surface area contributed by atoms with Crippen molar-refractivity contribution in [3.63, 3.8) is 0 Å². The molecule has 0 amide bonds. The lowest BCUT2D eigenvalue weighted by molar-refractivity contribution is 0.309. The molecule has 0 unspecified atom stereocenters. The van der Waals surface area contributed by atoms with E-state index in [0.717, 1.165) is 42.0 Å². The van der Waals surface area contributed by atoms with Crippen molar-refractivity contribution < 1.29 is 4.74 Å². The zero-order valence-corrected chi connectivity index (χ0v) is 12.5. The maximum atomic E-state index is 6.06. The molecule has 0 fully saturated rings. The van der Waals surface area contributed by atoms with E-state index in [1.165, 1.54) is 0 Å². The van der Waals surface area contributed by atoms with Gasteiger partial charge in [-0.1, -0.05) is 24.9 Å². The lowest BCUT2D eigenvalue weighted by Gasteiger charge is -2.05. The number of nitrogens with zero attached hydrogens (tertiary/aromatic N) is 3. The standard InChI is InChI=1S/C16H16ClN3O/c1-2-3-10-21-13-6-4-12(5-7-13)14-11-15-16(17)18-8-9-20(15)19-14/h4-9,11H,2-3,10H2,1H3. The summed E-state index contributed by atoms with van der Waals surface area (Å²) in [6, 6.07) is 9.88. The highest BCUT2D eigenvalue weighted by molar-refractivity contribution is 6.32. The maximum absolute atomic E-state index is 6.06. The van der Waals surface area contributed by atoms with Crippen LogP contribution in [0.2, 0.25) is 5.15 Å². The van der Waals surface area contributed by atoms with Gasteiger partial charge in [0.15, 0.2) is 5.15 Å². The van der Waals surface area contributed by atoms with Gasteiger partial charge in [-0.2, -0.15) is 5.10 Å². The molecule has 0 saturated heterocycles. The predicted molar refractivity (Wildman–Crippen MR) is 83.8 cm³/mol. The third-order valence-electron chi connectivity index (χ3n) is 3.26. The van der Waals surface area contributed by atoms with Crippen molar-refractivity contribution in [2.75, 3.05) is 6.61 Å². The fourth-order valence-corrected chi connectivity index (χ4v) is 2.29. The minimum Gasteiger partial charge on any atom is -0.494 e. The molecule has 108 valence electrons. The summed E-state index contributed by atoms with van der Waals surface area (Å²) in [7, 11) is 0. The van der Waals surface area contributed by atoms with Crippen LogP contribution >= 0.6 is 11.6 Å². The van der Waals surface area contributed by atoms with Crippen molar-refractivity contribution in [3.05, 3.63) is 47.9 Å². The number of benzene rings is 1. The summed E-state index contributed by atoms with van der Waals surface area (Å²) in [4.78, 5) is 4.05. The Morgan fingerprint density at radius 2 is 2.05 bits per heavy atom. The summed E-state index contributed by atoms with van der Waals surface area (Å²) in [6.07, 6.45) is 5.62. The van der Waals surface area contributed by atoms with Crippen molar-refractivity contribution in [1.29, 1.82) is 0 Å². The molecule has 0 saturated carbocycles. The molecule has 1 aromatic carbocycles. The molecule has 2 aromatic heterocycles. The average molecular weight is 302 g/mol. The first-order valence-electron chi connectivity index (χ1n) is 7.01. The van der Waals surface area contributed by atoms with E-state index in [4.69, 9.17) is 16.3 Å². The lowest BCUT2D eigenvalue weighted by atomic mass is 10.1. The summed E-state index contributed by atoms with van der Waals surface area (Å²) < 4.78 is 7.39. The number of unbranched alkanes of at least 4 members (excludes halogenated alkanes) is 1. The number of hydrogen-bond donors (Lipinski definition) is 0.